The molecule has 2 heterocycles. The van der Waals surface area contributed by atoms with Crippen LogP contribution in [0.2, 0.25) is 0 Å². The third-order valence-electron chi connectivity index (χ3n) is 2.46. The first-order valence-electron chi connectivity index (χ1n) is 5.45. The fraction of sp³-hybridized carbons (Fsp3) is 0.545. The van der Waals surface area contributed by atoms with Crippen molar-refractivity contribution in [3.8, 4) is 11.8 Å². The number of nitrogens with zero attached hydrogens (tertiary/aromatic N) is 2. The van der Waals surface area contributed by atoms with Crippen LogP contribution < -0.4 is 9.47 Å². The molecular formula is C11H14N2O5. The Morgan fingerprint density at radius 2 is 2.22 bits per heavy atom. The third kappa shape index (κ3) is 2.57. The van der Waals surface area contributed by atoms with E-state index < -0.39 is 6.10 Å². The zero-order chi connectivity index (χ0) is 13.0. The summed E-state index contributed by atoms with van der Waals surface area (Å²) < 4.78 is 20.4. The second-order valence-electron chi connectivity index (χ2n) is 3.57. The van der Waals surface area contributed by atoms with Gasteiger partial charge in [-0.1, -0.05) is 0 Å². The lowest BCUT2D eigenvalue weighted by Gasteiger charge is -2.21. The molecule has 0 spiro atoms. The third-order valence-corrected chi connectivity index (χ3v) is 2.46. The lowest BCUT2D eigenvalue weighted by atomic mass is 10.1. The minimum Gasteiger partial charge on any atom is -0.480 e. The Hall–Kier alpha value is -1.73. The predicted molar refractivity (Wildman–Crippen MR) is 60.0 cm³/mol. The predicted octanol–water partition coefficient (Wildman–Crippen LogP) is 0.0919. The van der Waals surface area contributed by atoms with Gasteiger partial charge >= 0.3 is 0 Å². The highest BCUT2D eigenvalue weighted by Crippen LogP contribution is 2.19. The van der Waals surface area contributed by atoms with Crippen LogP contribution in [0, 0.1) is 0 Å². The van der Waals surface area contributed by atoms with Gasteiger partial charge in [0, 0.05) is 0 Å². The molecule has 1 aromatic heterocycles. The highest BCUT2D eigenvalue weighted by Gasteiger charge is 2.28. The average molecular weight is 254 g/mol. The molecular weight excluding hydrogens is 240 g/mol. The van der Waals surface area contributed by atoms with Crippen molar-refractivity contribution in [3.05, 3.63) is 11.9 Å². The second-order valence-corrected chi connectivity index (χ2v) is 3.57. The molecule has 0 amide bonds. The van der Waals surface area contributed by atoms with Crippen LogP contribution >= 0.6 is 0 Å². The normalized spacial score (nSPS) is 19.3. The molecule has 1 aromatic rings. The smallest absolute Gasteiger partial charge is 0.246 e. The van der Waals surface area contributed by atoms with Crippen molar-refractivity contribution < 1.29 is 23.7 Å². The van der Waals surface area contributed by atoms with Gasteiger partial charge in [0.25, 0.3) is 0 Å². The molecule has 7 heteroatoms. The maximum absolute atomic E-state index is 12.2. The maximum Gasteiger partial charge on any atom is 0.246 e. The number of rotatable bonds is 4. The largest absolute Gasteiger partial charge is 0.480 e. The number of carbonyl (C=O) groups is 1. The van der Waals surface area contributed by atoms with Crippen molar-refractivity contribution in [2.75, 3.05) is 34.0 Å². The lowest BCUT2D eigenvalue weighted by Crippen LogP contribution is -2.36. The molecule has 2 rings (SSSR count). The summed E-state index contributed by atoms with van der Waals surface area (Å²) >= 11 is 0. The van der Waals surface area contributed by atoms with Crippen molar-refractivity contribution in [2.45, 2.75) is 6.10 Å². The van der Waals surface area contributed by atoms with Gasteiger partial charge < -0.3 is 18.9 Å². The van der Waals surface area contributed by atoms with Gasteiger partial charge in [0.2, 0.25) is 17.5 Å². The molecule has 0 saturated carbocycles. The van der Waals surface area contributed by atoms with Gasteiger partial charge in [-0.05, 0) is 0 Å². The van der Waals surface area contributed by atoms with Crippen LogP contribution in [0.15, 0.2) is 6.20 Å². The molecule has 18 heavy (non-hydrogen) atoms. The SMILES string of the molecule is COc1cnc(C(=O)C2COCCO2)c(OC)n1. The van der Waals surface area contributed by atoms with Gasteiger partial charge in [0.15, 0.2) is 5.69 Å². The molecule has 0 N–H and O–H groups in total. The molecule has 0 radical (unpaired) electrons. The molecule has 1 aliphatic rings. The monoisotopic (exact) mass is 254 g/mol. The fourth-order valence-corrected chi connectivity index (χ4v) is 1.56. The summed E-state index contributed by atoms with van der Waals surface area (Å²) in [5.41, 5.74) is 0.119. The standard InChI is InChI=1S/C11H14N2O5/c1-15-8-5-12-9(11(13-8)16-2)10(14)7-6-17-3-4-18-7/h5,7H,3-4,6H2,1-2H3. The van der Waals surface area contributed by atoms with Crippen LogP contribution in [0.5, 0.6) is 11.8 Å². The zero-order valence-corrected chi connectivity index (χ0v) is 10.2. The van der Waals surface area contributed by atoms with E-state index in [1.165, 1.54) is 20.4 Å². The Morgan fingerprint density at radius 3 is 2.83 bits per heavy atom. The van der Waals surface area contributed by atoms with Gasteiger partial charge in [-0.3, -0.25) is 4.79 Å². The molecule has 0 aromatic carbocycles. The van der Waals surface area contributed by atoms with E-state index in [2.05, 4.69) is 9.97 Å². The van der Waals surface area contributed by atoms with Crippen molar-refractivity contribution in [1.82, 2.24) is 9.97 Å². The highest BCUT2D eigenvalue weighted by molar-refractivity contribution is 5.99. The van der Waals surface area contributed by atoms with Crippen LogP contribution in [0.3, 0.4) is 0 Å². The number of carbonyl (C=O) groups excluding carboxylic acids is 1. The minimum atomic E-state index is -0.657. The number of Topliss-reactive ketones (excluding diaryl/α,β-unsaturated/α-hetero) is 1. The van der Waals surface area contributed by atoms with E-state index in [0.717, 1.165) is 0 Å². The molecule has 7 nitrogen and oxygen atoms in total. The van der Waals surface area contributed by atoms with E-state index in [9.17, 15) is 4.79 Å². The first-order chi connectivity index (χ1) is 8.76. The topological polar surface area (TPSA) is 79.8 Å². The molecule has 1 unspecified atom stereocenters. The Labute approximate surface area is 104 Å². The Balaban J connectivity index is 2.23. The summed E-state index contributed by atoms with van der Waals surface area (Å²) in [6.07, 6.45) is 0.703. The van der Waals surface area contributed by atoms with E-state index in [4.69, 9.17) is 18.9 Å². The quantitative estimate of drug-likeness (QED) is 0.704. The van der Waals surface area contributed by atoms with E-state index >= 15 is 0 Å². The Kier molecular flexibility index (Phi) is 4.06. The van der Waals surface area contributed by atoms with Gasteiger partial charge in [-0.15, -0.1) is 0 Å². The van der Waals surface area contributed by atoms with Gasteiger partial charge in [0.05, 0.1) is 40.2 Å². The molecule has 1 atom stereocenters. The highest BCUT2D eigenvalue weighted by atomic mass is 16.6. The number of ether oxygens (including phenoxy) is 4. The molecule has 0 bridgehead atoms. The lowest BCUT2D eigenvalue weighted by molar-refractivity contribution is -0.0721. The number of ketones is 1. The van der Waals surface area contributed by atoms with E-state index in [1.54, 1.807) is 0 Å². The summed E-state index contributed by atoms with van der Waals surface area (Å²) in [4.78, 5) is 20.2. The van der Waals surface area contributed by atoms with Crippen LogP contribution in [-0.2, 0) is 9.47 Å². The van der Waals surface area contributed by atoms with E-state index in [1.807, 2.05) is 0 Å². The summed E-state index contributed by atoms with van der Waals surface area (Å²) in [7, 11) is 2.88. The van der Waals surface area contributed by atoms with Crippen LogP contribution in [0.4, 0.5) is 0 Å². The molecule has 1 fully saturated rings. The number of aromatic nitrogens is 2. The first-order valence-corrected chi connectivity index (χ1v) is 5.45. The van der Waals surface area contributed by atoms with Gasteiger partial charge in [0.1, 0.15) is 6.10 Å². The number of hydrogen-bond donors (Lipinski definition) is 0. The van der Waals surface area contributed by atoms with E-state index in [-0.39, 0.29) is 29.8 Å². The number of methoxy groups -OCH3 is 2. The van der Waals surface area contributed by atoms with Crippen LogP contribution in [0.25, 0.3) is 0 Å². The van der Waals surface area contributed by atoms with Gasteiger partial charge in [-0.25, -0.2) is 4.98 Å². The van der Waals surface area contributed by atoms with Crippen LogP contribution in [0.1, 0.15) is 10.5 Å². The summed E-state index contributed by atoms with van der Waals surface area (Å²) in [5.74, 6) is 0.0967. The summed E-state index contributed by atoms with van der Waals surface area (Å²) in [5, 5.41) is 0. The zero-order valence-electron chi connectivity index (χ0n) is 10.2. The second kappa shape index (κ2) is 5.74. The van der Waals surface area contributed by atoms with Crippen molar-refractivity contribution in [2.24, 2.45) is 0 Å². The molecule has 1 saturated heterocycles. The Morgan fingerprint density at radius 1 is 1.39 bits per heavy atom. The van der Waals surface area contributed by atoms with Crippen molar-refractivity contribution in [3.63, 3.8) is 0 Å². The van der Waals surface area contributed by atoms with Crippen LogP contribution in [-0.4, -0.2) is 55.9 Å². The first kappa shape index (κ1) is 12.7. The summed E-state index contributed by atoms with van der Waals surface area (Å²) in [6.45, 7) is 1.10. The molecule has 1 aliphatic heterocycles. The summed E-state index contributed by atoms with van der Waals surface area (Å²) in [6, 6.07) is 0. The Bertz CT molecular complexity index is 431. The van der Waals surface area contributed by atoms with Gasteiger partial charge in [-0.2, -0.15) is 4.98 Å². The average Bonchev–Trinajstić information content (AvgIpc) is 2.46. The van der Waals surface area contributed by atoms with Crippen molar-refractivity contribution in [1.29, 1.82) is 0 Å². The van der Waals surface area contributed by atoms with E-state index in [0.29, 0.717) is 13.2 Å². The molecule has 98 valence electrons. The maximum atomic E-state index is 12.2. The fourth-order valence-electron chi connectivity index (χ4n) is 1.56. The van der Waals surface area contributed by atoms with Crippen molar-refractivity contribution >= 4 is 5.78 Å². The number of hydrogen-bond acceptors (Lipinski definition) is 7. The molecule has 0 aliphatic carbocycles. The minimum absolute atomic E-state index is 0.119.